The molecule has 0 amide bonds. The number of unbranched alkanes of at least 4 members (excludes halogenated alkanes) is 1. The zero-order valence-electron chi connectivity index (χ0n) is 14.3. The first kappa shape index (κ1) is 16.8. The van der Waals surface area contributed by atoms with Crippen LogP contribution in [0.1, 0.15) is 51.0 Å². The van der Waals surface area contributed by atoms with E-state index in [1.807, 2.05) is 18.2 Å². The molecule has 24 heavy (non-hydrogen) atoms. The number of ether oxygens (including phenoxy) is 3. The van der Waals surface area contributed by atoms with Gasteiger partial charge in [0.1, 0.15) is 6.10 Å². The van der Waals surface area contributed by atoms with Crippen molar-refractivity contribution in [2.24, 2.45) is 0 Å². The Kier molecular flexibility index (Phi) is 5.69. The normalized spacial score (nSPS) is 17.7. The van der Waals surface area contributed by atoms with Gasteiger partial charge in [-0.05, 0) is 43.9 Å². The Morgan fingerprint density at radius 2 is 2.12 bits per heavy atom. The molecule has 1 unspecified atom stereocenters. The number of rotatable bonds is 7. The summed E-state index contributed by atoms with van der Waals surface area (Å²) in [6, 6.07) is 5.65. The monoisotopic (exact) mass is 332 g/mol. The van der Waals surface area contributed by atoms with Crippen LogP contribution in [-0.4, -0.2) is 30.5 Å². The van der Waals surface area contributed by atoms with Crippen LogP contribution in [0.4, 0.5) is 0 Å². The Morgan fingerprint density at radius 3 is 2.88 bits per heavy atom. The lowest BCUT2D eigenvalue weighted by atomic mass is 10.1. The van der Waals surface area contributed by atoms with Crippen LogP contribution < -0.4 is 9.47 Å². The van der Waals surface area contributed by atoms with Gasteiger partial charge in [-0.2, -0.15) is 0 Å². The van der Waals surface area contributed by atoms with Crippen LogP contribution >= 0.6 is 0 Å². The van der Waals surface area contributed by atoms with Gasteiger partial charge in [-0.1, -0.05) is 13.3 Å². The maximum Gasteiger partial charge on any atom is 0.248 e. The van der Waals surface area contributed by atoms with Crippen LogP contribution in [0.15, 0.2) is 22.6 Å². The molecule has 1 aromatic carbocycles. The van der Waals surface area contributed by atoms with Crippen molar-refractivity contribution in [3.8, 4) is 23.0 Å². The van der Waals surface area contributed by atoms with Gasteiger partial charge < -0.3 is 18.6 Å². The molecule has 1 aliphatic rings. The molecule has 1 atom stereocenters. The average molecular weight is 332 g/mol. The van der Waals surface area contributed by atoms with Crippen LogP contribution in [0.3, 0.4) is 0 Å². The van der Waals surface area contributed by atoms with Gasteiger partial charge >= 0.3 is 0 Å². The maximum absolute atomic E-state index is 5.80. The number of benzene rings is 1. The molecule has 6 heteroatoms. The minimum absolute atomic E-state index is 0.0847. The second kappa shape index (κ2) is 8.15. The fourth-order valence-corrected chi connectivity index (χ4v) is 2.66. The Hall–Kier alpha value is -2.08. The molecular formula is C18H24N2O4. The van der Waals surface area contributed by atoms with E-state index in [0.717, 1.165) is 50.0 Å². The van der Waals surface area contributed by atoms with E-state index < -0.39 is 0 Å². The molecule has 0 spiro atoms. The van der Waals surface area contributed by atoms with Gasteiger partial charge in [0.15, 0.2) is 11.5 Å². The summed E-state index contributed by atoms with van der Waals surface area (Å²) in [5.74, 6) is 2.41. The zero-order chi connectivity index (χ0) is 16.8. The van der Waals surface area contributed by atoms with E-state index in [1.165, 1.54) is 0 Å². The topological polar surface area (TPSA) is 66.6 Å². The Bertz CT molecular complexity index is 650. The zero-order valence-corrected chi connectivity index (χ0v) is 14.3. The molecule has 0 bridgehead atoms. The molecule has 6 nitrogen and oxygen atoms in total. The van der Waals surface area contributed by atoms with E-state index in [4.69, 9.17) is 18.6 Å². The molecule has 130 valence electrons. The molecule has 0 saturated carbocycles. The Morgan fingerprint density at radius 1 is 1.21 bits per heavy atom. The molecule has 3 rings (SSSR count). The predicted molar refractivity (Wildman–Crippen MR) is 89.2 cm³/mol. The minimum Gasteiger partial charge on any atom is -0.493 e. The highest BCUT2D eigenvalue weighted by atomic mass is 16.5. The standard InChI is InChI=1S/C18H24N2O4/c1-3-4-10-22-14-9-8-13(12-16(14)21-2)17-19-20-18(24-17)15-7-5-6-11-23-15/h8-9,12,15H,3-7,10-11H2,1-2H3. The van der Waals surface area contributed by atoms with Gasteiger partial charge in [0.2, 0.25) is 11.8 Å². The number of aromatic nitrogens is 2. The summed E-state index contributed by atoms with van der Waals surface area (Å²) >= 11 is 0. The summed E-state index contributed by atoms with van der Waals surface area (Å²) in [7, 11) is 1.63. The second-order valence-corrected chi connectivity index (χ2v) is 5.87. The van der Waals surface area contributed by atoms with Crippen molar-refractivity contribution in [2.75, 3.05) is 20.3 Å². The summed E-state index contributed by atoms with van der Waals surface area (Å²) in [4.78, 5) is 0. The van der Waals surface area contributed by atoms with E-state index in [9.17, 15) is 0 Å². The molecule has 2 heterocycles. The van der Waals surface area contributed by atoms with Crippen LogP contribution in [-0.2, 0) is 4.74 Å². The van der Waals surface area contributed by atoms with Crippen molar-refractivity contribution in [3.63, 3.8) is 0 Å². The summed E-state index contributed by atoms with van der Waals surface area (Å²) in [6.45, 7) is 3.56. The summed E-state index contributed by atoms with van der Waals surface area (Å²) in [6.07, 6.45) is 5.16. The van der Waals surface area contributed by atoms with Gasteiger partial charge in [-0.15, -0.1) is 10.2 Å². The first-order valence-corrected chi connectivity index (χ1v) is 8.58. The fourth-order valence-electron chi connectivity index (χ4n) is 2.66. The van der Waals surface area contributed by atoms with E-state index in [2.05, 4.69) is 17.1 Å². The molecule has 0 N–H and O–H groups in total. The Balaban J connectivity index is 1.75. The fraction of sp³-hybridized carbons (Fsp3) is 0.556. The highest BCUT2D eigenvalue weighted by Gasteiger charge is 2.22. The Labute approximate surface area is 142 Å². The third-order valence-corrected chi connectivity index (χ3v) is 4.06. The van der Waals surface area contributed by atoms with E-state index in [1.54, 1.807) is 7.11 Å². The SMILES string of the molecule is CCCCOc1ccc(-c2nnc(C3CCCCO3)o2)cc1OC. The minimum atomic E-state index is -0.0847. The largest absolute Gasteiger partial charge is 0.493 e. The van der Waals surface area contributed by atoms with Crippen molar-refractivity contribution in [1.29, 1.82) is 0 Å². The lowest BCUT2D eigenvalue weighted by molar-refractivity contribution is -0.00126. The summed E-state index contributed by atoms with van der Waals surface area (Å²) in [5, 5.41) is 8.29. The van der Waals surface area contributed by atoms with Gasteiger partial charge in [-0.25, -0.2) is 0 Å². The van der Waals surface area contributed by atoms with E-state index in [-0.39, 0.29) is 6.10 Å². The molecule has 1 fully saturated rings. The molecule has 1 saturated heterocycles. The van der Waals surface area contributed by atoms with Crippen molar-refractivity contribution in [3.05, 3.63) is 24.1 Å². The van der Waals surface area contributed by atoms with Crippen molar-refractivity contribution in [2.45, 2.75) is 45.1 Å². The lowest BCUT2D eigenvalue weighted by Crippen LogP contribution is -2.11. The third kappa shape index (κ3) is 3.87. The first-order chi connectivity index (χ1) is 11.8. The van der Waals surface area contributed by atoms with Crippen molar-refractivity contribution >= 4 is 0 Å². The molecule has 1 aliphatic heterocycles. The van der Waals surface area contributed by atoms with E-state index >= 15 is 0 Å². The molecular weight excluding hydrogens is 308 g/mol. The van der Waals surface area contributed by atoms with Gasteiger partial charge in [-0.3, -0.25) is 0 Å². The molecule has 2 aromatic rings. The lowest BCUT2D eigenvalue weighted by Gasteiger charge is -2.18. The van der Waals surface area contributed by atoms with Gasteiger partial charge in [0.05, 0.1) is 13.7 Å². The number of nitrogens with zero attached hydrogens (tertiary/aromatic N) is 2. The predicted octanol–water partition coefficient (Wildman–Crippen LogP) is 4.17. The summed E-state index contributed by atoms with van der Waals surface area (Å²) in [5.41, 5.74) is 0.809. The quantitative estimate of drug-likeness (QED) is 0.709. The number of hydrogen-bond donors (Lipinski definition) is 0. The summed E-state index contributed by atoms with van der Waals surface area (Å²) < 4.78 is 22.7. The first-order valence-electron chi connectivity index (χ1n) is 8.58. The van der Waals surface area contributed by atoms with Crippen LogP contribution in [0, 0.1) is 0 Å². The second-order valence-electron chi connectivity index (χ2n) is 5.87. The smallest absolute Gasteiger partial charge is 0.248 e. The highest BCUT2D eigenvalue weighted by molar-refractivity contribution is 5.59. The van der Waals surface area contributed by atoms with Gasteiger partial charge in [0.25, 0.3) is 0 Å². The number of methoxy groups -OCH3 is 1. The molecule has 0 aliphatic carbocycles. The van der Waals surface area contributed by atoms with E-state index in [0.29, 0.717) is 24.1 Å². The van der Waals surface area contributed by atoms with Crippen molar-refractivity contribution in [1.82, 2.24) is 10.2 Å². The number of hydrogen-bond acceptors (Lipinski definition) is 6. The molecule has 0 radical (unpaired) electrons. The van der Waals surface area contributed by atoms with Crippen LogP contribution in [0.2, 0.25) is 0 Å². The highest BCUT2D eigenvalue weighted by Crippen LogP contribution is 2.34. The average Bonchev–Trinajstić information content (AvgIpc) is 3.13. The van der Waals surface area contributed by atoms with Crippen LogP contribution in [0.5, 0.6) is 11.5 Å². The third-order valence-electron chi connectivity index (χ3n) is 4.06. The van der Waals surface area contributed by atoms with Gasteiger partial charge in [0, 0.05) is 12.2 Å². The molecule has 1 aromatic heterocycles. The van der Waals surface area contributed by atoms with Crippen LogP contribution in [0.25, 0.3) is 11.5 Å². The van der Waals surface area contributed by atoms with Crippen molar-refractivity contribution < 1.29 is 18.6 Å². The maximum atomic E-state index is 5.80.